The molecule has 1 aromatic rings. The van der Waals surface area contributed by atoms with Gasteiger partial charge in [-0.15, -0.1) is 4.33 Å². The quantitative estimate of drug-likeness (QED) is 0.100. The van der Waals surface area contributed by atoms with Gasteiger partial charge in [0.2, 0.25) is 5.71 Å². The van der Waals surface area contributed by atoms with Crippen molar-refractivity contribution < 1.29 is 48.3 Å². The van der Waals surface area contributed by atoms with Gasteiger partial charge in [-0.25, -0.2) is 5.26 Å². The van der Waals surface area contributed by atoms with Crippen LogP contribution in [0.15, 0.2) is 17.0 Å². The summed E-state index contributed by atoms with van der Waals surface area (Å²) in [5.74, 6) is -0.777. The maximum absolute atomic E-state index is 10.4. The van der Waals surface area contributed by atoms with Gasteiger partial charge < -0.3 is 19.3 Å². The van der Waals surface area contributed by atoms with E-state index in [9.17, 15) is 4.79 Å². The predicted molar refractivity (Wildman–Crippen MR) is 125 cm³/mol. The Balaban J connectivity index is 1.65. The molecule has 34 heavy (non-hydrogen) atoms. The van der Waals surface area contributed by atoms with Crippen LogP contribution in [0.3, 0.4) is 0 Å². The van der Waals surface area contributed by atoms with E-state index in [2.05, 4.69) is 23.2 Å². The molecule has 0 fully saturated rings. The summed E-state index contributed by atoms with van der Waals surface area (Å²) in [6.45, 7) is 11.6. The zero-order chi connectivity index (χ0) is 25.0. The first-order chi connectivity index (χ1) is 16.3. The minimum absolute atomic E-state index is 0.178. The van der Waals surface area contributed by atoms with Crippen LogP contribution in [-0.4, -0.2) is 73.0 Å². The molecule has 2 rings (SSSR count). The monoisotopic (exact) mass is 502 g/mol. The number of aryl methyl sites for hydroxylation is 1. The van der Waals surface area contributed by atoms with E-state index in [4.69, 9.17) is 29.4 Å². The molecule has 0 unspecified atom stereocenters. The van der Waals surface area contributed by atoms with E-state index in [1.54, 1.807) is 0 Å². The Morgan fingerprint density at radius 3 is 2.21 bits per heavy atom. The van der Waals surface area contributed by atoms with Crippen molar-refractivity contribution in [3.05, 3.63) is 23.3 Å². The second kappa shape index (κ2) is 14.6. The molecule has 0 radical (unpaired) electrons. The summed E-state index contributed by atoms with van der Waals surface area (Å²) in [6, 6.07) is 3.95. The zero-order valence-corrected chi connectivity index (χ0v) is 21.1. The number of benzene rings is 1. The molecular weight excluding hydrogens is 466 g/mol. The van der Waals surface area contributed by atoms with Gasteiger partial charge in [0.1, 0.15) is 0 Å². The fraction of sp³-hybridized carbons (Fsp3) is 0.652. The Kier molecular flexibility index (Phi) is 12.3. The molecule has 0 atom stereocenters. The van der Waals surface area contributed by atoms with Gasteiger partial charge in [0.25, 0.3) is 5.69 Å². The molecule has 1 heterocycles. The van der Waals surface area contributed by atoms with E-state index < -0.39 is 5.97 Å². The van der Waals surface area contributed by atoms with Gasteiger partial charge in [0, 0.05) is 40.7 Å². The molecule has 0 spiro atoms. The molecule has 0 amide bonds. The third-order valence-corrected chi connectivity index (χ3v) is 6.20. The first-order valence-electron chi connectivity index (χ1n) is 11.3. The van der Waals surface area contributed by atoms with Crippen molar-refractivity contribution in [2.75, 3.05) is 46.2 Å². The molecule has 0 aliphatic carbocycles. The highest BCUT2D eigenvalue weighted by Gasteiger charge is 2.46. The average Bonchev–Trinajstić information content (AvgIpc) is 2.98. The summed E-state index contributed by atoms with van der Waals surface area (Å²) >= 11 is 0.943. The van der Waals surface area contributed by atoms with E-state index in [1.807, 2.05) is 30.7 Å². The van der Waals surface area contributed by atoms with E-state index in [1.165, 1.54) is 0 Å². The summed E-state index contributed by atoms with van der Waals surface area (Å²) in [5.41, 5.74) is 3.96. The number of unbranched alkanes of at least 4 members (excludes halogenated alkanes) is 1. The standard InChI is InChI=1S/C23H35NO9S/c1-17-15-19(34-33-32-27)16-20-22(17)24(18(2)23(20,3)4)31-14-13-30-12-11-29-10-9-28-8-6-5-7-21(25)26/h15-16H,5-14H2,1-4H3,(H-,25,26,27)/p+1. The minimum Gasteiger partial charge on any atom is -0.481 e. The van der Waals surface area contributed by atoms with Gasteiger partial charge >= 0.3 is 5.97 Å². The SMILES string of the molecule is CC1=[N+](OCCOCCOCCOCCCCC(=O)O)c2c(C)cc(SOOO)cc2C1(C)C. The van der Waals surface area contributed by atoms with Crippen molar-refractivity contribution in [2.45, 2.75) is 57.3 Å². The molecule has 0 bridgehead atoms. The number of hydrogen-bond acceptors (Lipinski definition) is 9. The fourth-order valence-electron chi connectivity index (χ4n) is 3.58. The molecule has 0 saturated heterocycles. The Labute approximate surface area is 204 Å². The third-order valence-electron chi connectivity index (χ3n) is 5.64. The largest absolute Gasteiger partial charge is 0.481 e. The summed E-state index contributed by atoms with van der Waals surface area (Å²) in [5, 5.41) is 20.7. The van der Waals surface area contributed by atoms with E-state index in [0.29, 0.717) is 52.7 Å². The highest BCUT2D eigenvalue weighted by Crippen LogP contribution is 2.43. The lowest BCUT2D eigenvalue weighted by Gasteiger charge is -2.14. The fourth-order valence-corrected chi connectivity index (χ4v) is 4.08. The Bertz CT molecular complexity index is 829. The van der Waals surface area contributed by atoms with Crippen LogP contribution in [-0.2, 0) is 38.6 Å². The average molecular weight is 503 g/mol. The van der Waals surface area contributed by atoms with Crippen LogP contribution >= 0.6 is 12.0 Å². The number of hydrogen-bond donors (Lipinski definition) is 2. The first-order valence-corrected chi connectivity index (χ1v) is 12.0. The van der Waals surface area contributed by atoms with Crippen molar-refractivity contribution in [1.29, 1.82) is 0 Å². The Morgan fingerprint density at radius 2 is 1.59 bits per heavy atom. The van der Waals surface area contributed by atoms with Crippen LogP contribution in [0.25, 0.3) is 0 Å². The molecule has 0 aromatic heterocycles. The highest BCUT2D eigenvalue weighted by atomic mass is 32.2. The molecule has 11 heteroatoms. The van der Waals surface area contributed by atoms with Crippen molar-refractivity contribution in [2.24, 2.45) is 0 Å². The second-order valence-electron chi connectivity index (χ2n) is 8.39. The summed E-state index contributed by atoms with van der Waals surface area (Å²) in [7, 11) is 0. The molecule has 1 aromatic carbocycles. The summed E-state index contributed by atoms with van der Waals surface area (Å²) in [6.07, 6.45) is 1.53. The number of carboxylic acid groups (broad SMARTS) is 1. The lowest BCUT2D eigenvalue weighted by Crippen LogP contribution is -2.27. The molecule has 192 valence electrons. The Morgan fingerprint density at radius 1 is 0.971 bits per heavy atom. The Hall–Kier alpha value is -1.73. The maximum atomic E-state index is 10.4. The number of rotatable bonds is 18. The predicted octanol–water partition coefficient (Wildman–Crippen LogP) is 4.06. The van der Waals surface area contributed by atoms with Crippen LogP contribution in [0.5, 0.6) is 0 Å². The zero-order valence-electron chi connectivity index (χ0n) is 20.3. The molecule has 2 N–H and O–H groups in total. The van der Waals surface area contributed by atoms with E-state index in [0.717, 1.165) is 45.9 Å². The van der Waals surface area contributed by atoms with E-state index in [-0.39, 0.29) is 11.8 Å². The van der Waals surface area contributed by atoms with Gasteiger partial charge in [-0.05, 0) is 45.7 Å². The van der Waals surface area contributed by atoms with Gasteiger partial charge in [0.15, 0.2) is 6.61 Å². The van der Waals surface area contributed by atoms with Crippen LogP contribution in [0.1, 0.15) is 51.2 Å². The van der Waals surface area contributed by atoms with Crippen molar-refractivity contribution in [1.82, 2.24) is 0 Å². The number of nitrogens with zero attached hydrogens (tertiary/aromatic N) is 1. The molecule has 1 aliphatic heterocycles. The van der Waals surface area contributed by atoms with Gasteiger partial charge in [-0.3, -0.25) is 9.63 Å². The van der Waals surface area contributed by atoms with Crippen LogP contribution in [0.2, 0.25) is 0 Å². The lowest BCUT2D eigenvalue weighted by atomic mass is 9.82. The maximum Gasteiger partial charge on any atom is 0.303 e. The second-order valence-corrected chi connectivity index (χ2v) is 9.16. The van der Waals surface area contributed by atoms with Crippen molar-refractivity contribution in [3.63, 3.8) is 0 Å². The van der Waals surface area contributed by atoms with E-state index >= 15 is 0 Å². The number of carboxylic acids is 1. The van der Waals surface area contributed by atoms with Crippen LogP contribution < -0.4 is 0 Å². The smallest absolute Gasteiger partial charge is 0.303 e. The molecule has 0 saturated carbocycles. The number of carbonyl (C=O) groups is 1. The highest BCUT2D eigenvalue weighted by molar-refractivity contribution is 7.94. The number of ether oxygens (including phenoxy) is 3. The summed E-state index contributed by atoms with van der Waals surface area (Å²) < 4.78 is 22.9. The molecule has 1 aliphatic rings. The van der Waals surface area contributed by atoms with Crippen molar-refractivity contribution >= 4 is 29.4 Å². The number of aliphatic carboxylic acids is 1. The number of fused-ring (bicyclic) bond motifs is 1. The molecular formula is C23H36NO9S+. The van der Waals surface area contributed by atoms with Crippen LogP contribution in [0, 0.1) is 6.92 Å². The van der Waals surface area contributed by atoms with Gasteiger partial charge in [-0.1, -0.05) is 5.04 Å². The third kappa shape index (κ3) is 8.49. The van der Waals surface area contributed by atoms with Gasteiger partial charge in [-0.2, -0.15) is 0 Å². The van der Waals surface area contributed by atoms with Gasteiger partial charge in [0.05, 0.1) is 50.5 Å². The summed E-state index contributed by atoms with van der Waals surface area (Å²) in [4.78, 5) is 17.3. The first kappa shape index (κ1) is 28.5. The topological polar surface area (TPSA) is 116 Å². The lowest BCUT2D eigenvalue weighted by molar-refractivity contribution is -0.728. The molecule has 10 nitrogen and oxygen atoms in total. The minimum atomic E-state index is -0.777. The van der Waals surface area contributed by atoms with Crippen LogP contribution in [0.4, 0.5) is 5.69 Å². The normalized spacial score (nSPS) is 14.5. The van der Waals surface area contributed by atoms with Crippen molar-refractivity contribution in [3.8, 4) is 0 Å².